The maximum Gasteiger partial charge on any atom is 0.243 e. The van der Waals surface area contributed by atoms with E-state index in [0.29, 0.717) is 11.0 Å². The van der Waals surface area contributed by atoms with Crippen LogP contribution in [0.1, 0.15) is 11.1 Å². The predicted octanol–water partition coefficient (Wildman–Crippen LogP) is 3.00. The molecule has 0 radical (unpaired) electrons. The van der Waals surface area contributed by atoms with Gasteiger partial charge >= 0.3 is 0 Å². The maximum atomic E-state index is 12.1. The van der Waals surface area contributed by atoms with Crippen molar-refractivity contribution in [1.29, 1.82) is 0 Å². The normalized spacial score (nSPS) is 10.6. The van der Waals surface area contributed by atoms with Crippen LogP contribution >= 0.6 is 23.1 Å². The molecule has 0 aliphatic carbocycles. The van der Waals surface area contributed by atoms with Crippen molar-refractivity contribution in [2.75, 3.05) is 17.6 Å². The molecule has 2 aromatic heterocycles. The average Bonchev–Trinajstić information content (AvgIpc) is 3.32. The van der Waals surface area contributed by atoms with E-state index < -0.39 is 0 Å². The number of carbonyl (C=O) groups is 2. The van der Waals surface area contributed by atoms with E-state index >= 15 is 0 Å². The largest absolute Gasteiger partial charge is 0.346 e. The molecule has 0 fully saturated rings. The number of anilines is 1. The van der Waals surface area contributed by atoms with Crippen LogP contribution in [-0.4, -0.2) is 39.3 Å². The molecule has 7 nitrogen and oxygen atoms in total. The highest BCUT2D eigenvalue weighted by atomic mass is 32.2. The summed E-state index contributed by atoms with van der Waals surface area (Å²) in [7, 11) is 0. The van der Waals surface area contributed by atoms with Gasteiger partial charge in [-0.15, -0.1) is 16.4 Å². The Bertz CT molecular complexity index is 917. The van der Waals surface area contributed by atoms with Crippen molar-refractivity contribution in [3.8, 4) is 10.7 Å². The zero-order chi connectivity index (χ0) is 19.2. The van der Waals surface area contributed by atoms with E-state index in [4.69, 9.17) is 0 Å². The van der Waals surface area contributed by atoms with Crippen molar-refractivity contribution in [1.82, 2.24) is 20.5 Å². The van der Waals surface area contributed by atoms with Crippen LogP contribution in [-0.2, 0) is 9.59 Å². The number of rotatable bonds is 7. The van der Waals surface area contributed by atoms with Gasteiger partial charge in [-0.25, -0.2) is 4.98 Å². The molecule has 0 spiro atoms. The molecule has 140 valence electrons. The smallest absolute Gasteiger partial charge is 0.243 e. The van der Waals surface area contributed by atoms with Crippen molar-refractivity contribution in [3.05, 3.63) is 46.8 Å². The van der Waals surface area contributed by atoms with E-state index in [1.165, 1.54) is 11.8 Å². The molecule has 0 saturated heterocycles. The molecule has 2 amide bonds. The molecule has 0 saturated carbocycles. The number of aryl methyl sites for hydroxylation is 2. The molecule has 0 aliphatic heterocycles. The van der Waals surface area contributed by atoms with Gasteiger partial charge in [0.25, 0.3) is 0 Å². The summed E-state index contributed by atoms with van der Waals surface area (Å²) in [6.07, 6.45) is 0. The molecule has 0 aliphatic rings. The summed E-state index contributed by atoms with van der Waals surface area (Å²) in [5.41, 5.74) is 2.75. The zero-order valence-corrected chi connectivity index (χ0v) is 16.5. The lowest BCUT2D eigenvalue weighted by molar-refractivity contribution is -0.122. The summed E-state index contributed by atoms with van der Waals surface area (Å²) >= 11 is 2.78. The van der Waals surface area contributed by atoms with E-state index in [0.717, 1.165) is 21.7 Å². The quantitative estimate of drug-likeness (QED) is 0.529. The highest BCUT2D eigenvalue weighted by Gasteiger charge is 2.11. The second kappa shape index (κ2) is 8.83. The summed E-state index contributed by atoms with van der Waals surface area (Å²) in [5.74, 6) is 0.307. The highest BCUT2D eigenvalue weighted by molar-refractivity contribution is 7.99. The molecule has 2 heterocycles. The van der Waals surface area contributed by atoms with E-state index in [-0.39, 0.29) is 24.1 Å². The third-order valence-electron chi connectivity index (χ3n) is 3.74. The first-order valence-corrected chi connectivity index (χ1v) is 10.1. The van der Waals surface area contributed by atoms with E-state index in [1.807, 2.05) is 49.6 Å². The van der Waals surface area contributed by atoms with Crippen LogP contribution in [0.25, 0.3) is 10.7 Å². The van der Waals surface area contributed by atoms with Gasteiger partial charge < -0.3 is 10.6 Å². The SMILES string of the molecule is Cc1cccc(C)c1NC(=O)CNC(=O)CSc1n[nH]c(-c2cccs2)n1. The Hall–Kier alpha value is -2.65. The molecular formula is C18H19N5O2S2. The minimum atomic E-state index is -0.261. The summed E-state index contributed by atoms with van der Waals surface area (Å²) < 4.78 is 0. The van der Waals surface area contributed by atoms with Crippen molar-refractivity contribution in [2.24, 2.45) is 0 Å². The number of thioether (sulfide) groups is 1. The monoisotopic (exact) mass is 401 g/mol. The Morgan fingerprint density at radius 2 is 1.93 bits per heavy atom. The van der Waals surface area contributed by atoms with Crippen LogP contribution < -0.4 is 10.6 Å². The number of benzene rings is 1. The number of H-pyrrole nitrogens is 1. The van der Waals surface area contributed by atoms with Gasteiger partial charge in [-0.1, -0.05) is 36.0 Å². The Morgan fingerprint density at radius 3 is 2.63 bits per heavy atom. The number of hydrogen-bond donors (Lipinski definition) is 3. The second-order valence-electron chi connectivity index (χ2n) is 5.82. The van der Waals surface area contributed by atoms with Crippen molar-refractivity contribution < 1.29 is 9.59 Å². The predicted molar refractivity (Wildman–Crippen MR) is 108 cm³/mol. The lowest BCUT2D eigenvalue weighted by Crippen LogP contribution is -2.34. The zero-order valence-electron chi connectivity index (χ0n) is 14.9. The van der Waals surface area contributed by atoms with Crippen LogP contribution in [0, 0.1) is 13.8 Å². The van der Waals surface area contributed by atoms with Crippen molar-refractivity contribution >= 4 is 40.6 Å². The van der Waals surface area contributed by atoms with Gasteiger partial charge in [0.15, 0.2) is 5.82 Å². The Labute approximate surface area is 165 Å². The third kappa shape index (κ3) is 5.18. The van der Waals surface area contributed by atoms with Crippen LogP contribution in [0.4, 0.5) is 5.69 Å². The van der Waals surface area contributed by atoms with Gasteiger partial charge in [0, 0.05) is 5.69 Å². The molecule has 3 N–H and O–H groups in total. The first-order valence-electron chi connectivity index (χ1n) is 8.25. The Morgan fingerprint density at radius 1 is 1.15 bits per heavy atom. The number of carbonyl (C=O) groups excluding carboxylic acids is 2. The molecule has 0 unspecified atom stereocenters. The lowest BCUT2D eigenvalue weighted by Gasteiger charge is -2.11. The second-order valence-corrected chi connectivity index (χ2v) is 7.71. The van der Waals surface area contributed by atoms with Gasteiger partial charge in [-0.2, -0.15) is 0 Å². The number of aromatic nitrogens is 3. The Balaban J connectivity index is 1.44. The van der Waals surface area contributed by atoms with Crippen LogP contribution in [0.15, 0.2) is 40.9 Å². The average molecular weight is 402 g/mol. The number of nitrogens with one attached hydrogen (secondary N) is 3. The fourth-order valence-corrected chi connectivity index (χ4v) is 3.68. The standard InChI is InChI=1S/C18H19N5O2S2/c1-11-5-3-6-12(2)16(11)20-14(24)9-19-15(25)10-27-18-21-17(22-23-18)13-7-4-8-26-13/h3-8H,9-10H2,1-2H3,(H,19,25)(H,20,24)(H,21,22,23). The maximum absolute atomic E-state index is 12.1. The van der Waals surface area contributed by atoms with Gasteiger partial charge in [0.05, 0.1) is 17.2 Å². The fraction of sp³-hybridized carbons (Fsp3) is 0.222. The van der Waals surface area contributed by atoms with E-state index in [1.54, 1.807) is 11.3 Å². The number of hydrogen-bond acceptors (Lipinski definition) is 6. The topological polar surface area (TPSA) is 99.8 Å². The third-order valence-corrected chi connectivity index (χ3v) is 5.47. The number of amides is 2. The van der Waals surface area contributed by atoms with Gasteiger partial charge in [-0.3, -0.25) is 14.7 Å². The summed E-state index contributed by atoms with van der Waals surface area (Å²) in [5, 5.41) is 14.8. The summed E-state index contributed by atoms with van der Waals surface area (Å²) in [4.78, 5) is 29.4. The molecule has 3 rings (SSSR count). The van der Waals surface area contributed by atoms with Crippen molar-refractivity contribution in [2.45, 2.75) is 19.0 Å². The molecule has 9 heteroatoms. The van der Waals surface area contributed by atoms with Crippen LogP contribution in [0.3, 0.4) is 0 Å². The molecule has 3 aromatic rings. The van der Waals surface area contributed by atoms with Crippen LogP contribution in [0.2, 0.25) is 0 Å². The molecular weight excluding hydrogens is 382 g/mol. The van der Waals surface area contributed by atoms with Crippen LogP contribution in [0.5, 0.6) is 0 Å². The first kappa shape index (κ1) is 19.1. The van der Waals surface area contributed by atoms with E-state index in [2.05, 4.69) is 25.8 Å². The highest BCUT2D eigenvalue weighted by Crippen LogP contribution is 2.23. The lowest BCUT2D eigenvalue weighted by atomic mass is 10.1. The van der Waals surface area contributed by atoms with Gasteiger partial charge in [-0.05, 0) is 36.4 Å². The van der Waals surface area contributed by atoms with Crippen molar-refractivity contribution in [3.63, 3.8) is 0 Å². The minimum Gasteiger partial charge on any atom is -0.346 e. The molecule has 1 aromatic carbocycles. The number of thiophene rings is 1. The van der Waals surface area contributed by atoms with E-state index in [9.17, 15) is 9.59 Å². The number of aromatic amines is 1. The molecule has 0 atom stereocenters. The minimum absolute atomic E-state index is 0.0817. The number of para-hydroxylation sites is 1. The number of nitrogens with zero attached hydrogens (tertiary/aromatic N) is 2. The van der Waals surface area contributed by atoms with Gasteiger partial charge in [0.1, 0.15) is 0 Å². The van der Waals surface area contributed by atoms with Gasteiger partial charge in [0.2, 0.25) is 17.0 Å². The fourth-order valence-electron chi connectivity index (χ4n) is 2.39. The molecule has 27 heavy (non-hydrogen) atoms. The Kier molecular flexibility index (Phi) is 6.25. The first-order chi connectivity index (χ1) is 13.0. The summed E-state index contributed by atoms with van der Waals surface area (Å²) in [6.45, 7) is 3.78. The molecule has 0 bridgehead atoms. The summed E-state index contributed by atoms with van der Waals surface area (Å²) in [6, 6.07) is 9.68.